The van der Waals surface area contributed by atoms with Crippen molar-refractivity contribution in [1.29, 1.82) is 0 Å². The average Bonchev–Trinajstić information content (AvgIpc) is 2.87. The number of aromatic amines is 1. The number of amides is 1. The third-order valence-electron chi connectivity index (χ3n) is 3.33. The first kappa shape index (κ1) is 11.2. The van der Waals surface area contributed by atoms with Crippen LogP contribution in [-0.4, -0.2) is 28.7 Å². The maximum Gasteiger partial charge on any atom is 0.241 e. The summed E-state index contributed by atoms with van der Waals surface area (Å²) in [7, 11) is 0. The van der Waals surface area contributed by atoms with E-state index in [1.807, 2.05) is 18.2 Å². The molecule has 94 valence electrons. The van der Waals surface area contributed by atoms with Crippen LogP contribution in [0.2, 0.25) is 0 Å². The molecule has 1 saturated heterocycles. The zero-order valence-electron chi connectivity index (χ0n) is 10.1. The molecular formula is C13H16N4O. The van der Waals surface area contributed by atoms with Crippen LogP contribution in [0.4, 0.5) is 5.69 Å². The maximum atomic E-state index is 12.0. The molecule has 1 unspecified atom stereocenters. The van der Waals surface area contributed by atoms with E-state index in [4.69, 9.17) is 0 Å². The van der Waals surface area contributed by atoms with Crippen molar-refractivity contribution in [3.8, 4) is 0 Å². The van der Waals surface area contributed by atoms with Crippen molar-refractivity contribution in [3.05, 3.63) is 24.4 Å². The monoisotopic (exact) mass is 244 g/mol. The van der Waals surface area contributed by atoms with Crippen LogP contribution >= 0.6 is 0 Å². The van der Waals surface area contributed by atoms with Gasteiger partial charge in [-0.1, -0.05) is 6.42 Å². The van der Waals surface area contributed by atoms with Crippen molar-refractivity contribution in [2.45, 2.75) is 25.3 Å². The molecule has 2 heterocycles. The van der Waals surface area contributed by atoms with E-state index in [-0.39, 0.29) is 11.9 Å². The summed E-state index contributed by atoms with van der Waals surface area (Å²) in [4.78, 5) is 12.0. The Labute approximate surface area is 105 Å². The van der Waals surface area contributed by atoms with E-state index in [0.717, 1.165) is 42.4 Å². The first-order valence-electron chi connectivity index (χ1n) is 6.30. The summed E-state index contributed by atoms with van der Waals surface area (Å²) in [6.45, 7) is 0.929. The van der Waals surface area contributed by atoms with Crippen LogP contribution < -0.4 is 10.6 Å². The van der Waals surface area contributed by atoms with Gasteiger partial charge >= 0.3 is 0 Å². The molecule has 0 aliphatic carbocycles. The minimum atomic E-state index is -0.0567. The van der Waals surface area contributed by atoms with Crippen LogP contribution in [0.1, 0.15) is 19.3 Å². The Bertz CT molecular complexity index is 557. The van der Waals surface area contributed by atoms with Gasteiger partial charge in [0.25, 0.3) is 0 Å². The van der Waals surface area contributed by atoms with Crippen LogP contribution in [0.15, 0.2) is 24.4 Å². The van der Waals surface area contributed by atoms with Crippen molar-refractivity contribution in [1.82, 2.24) is 15.5 Å². The fourth-order valence-electron chi connectivity index (χ4n) is 2.33. The normalized spacial score (nSPS) is 19.9. The van der Waals surface area contributed by atoms with Gasteiger partial charge in [0.1, 0.15) is 0 Å². The van der Waals surface area contributed by atoms with E-state index < -0.39 is 0 Å². The number of aromatic nitrogens is 2. The molecule has 1 fully saturated rings. The number of H-pyrrole nitrogens is 1. The van der Waals surface area contributed by atoms with Gasteiger partial charge in [-0.25, -0.2) is 0 Å². The molecule has 1 aliphatic rings. The number of benzene rings is 1. The van der Waals surface area contributed by atoms with Gasteiger partial charge in [-0.3, -0.25) is 9.89 Å². The molecule has 2 aromatic rings. The molecule has 1 atom stereocenters. The Morgan fingerprint density at radius 1 is 1.39 bits per heavy atom. The predicted octanol–water partition coefficient (Wildman–Crippen LogP) is 1.64. The van der Waals surface area contributed by atoms with Gasteiger partial charge in [-0.05, 0) is 37.6 Å². The fourth-order valence-corrected chi connectivity index (χ4v) is 2.33. The van der Waals surface area contributed by atoms with Crippen LogP contribution in [0.25, 0.3) is 10.9 Å². The number of rotatable bonds is 2. The van der Waals surface area contributed by atoms with E-state index in [1.165, 1.54) is 0 Å². The second kappa shape index (κ2) is 4.78. The zero-order chi connectivity index (χ0) is 12.4. The van der Waals surface area contributed by atoms with E-state index in [0.29, 0.717) is 0 Å². The minimum Gasteiger partial charge on any atom is -0.325 e. The fraction of sp³-hybridized carbons (Fsp3) is 0.385. The highest BCUT2D eigenvalue weighted by Gasteiger charge is 2.20. The van der Waals surface area contributed by atoms with E-state index in [1.54, 1.807) is 6.20 Å². The van der Waals surface area contributed by atoms with Gasteiger partial charge in [0.2, 0.25) is 5.91 Å². The summed E-state index contributed by atoms with van der Waals surface area (Å²) >= 11 is 0. The van der Waals surface area contributed by atoms with Crippen LogP contribution in [0, 0.1) is 0 Å². The maximum absolute atomic E-state index is 12.0. The van der Waals surface area contributed by atoms with Crippen LogP contribution in [-0.2, 0) is 4.79 Å². The van der Waals surface area contributed by atoms with Gasteiger partial charge in [0.05, 0.1) is 17.8 Å². The van der Waals surface area contributed by atoms with Crippen LogP contribution in [0.5, 0.6) is 0 Å². The highest BCUT2D eigenvalue weighted by atomic mass is 16.2. The number of hydrogen-bond donors (Lipinski definition) is 3. The molecule has 3 N–H and O–H groups in total. The molecule has 0 bridgehead atoms. The summed E-state index contributed by atoms with van der Waals surface area (Å²) in [5.41, 5.74) is 1.80. The topological polar surface area (TPSA) is 69.8 Å². The smallest absolute Gasteiger partial charge is 0.241 e. The number of nitrogens with zero attached hydrogens (tertiary/aromatic N) is 1. The Morgan fingerprint density at radius 3 is 3.17 bits per heavy atom. The largest absolute Gasteiger partial charge is 0.325 e. The molecule has 1 aromatic carbocycles. The standard InChI is InChI=1S/C13H16N4O/c18-13(12-3-1-2-6-14-12)16-10-4-5-11-9(7-10)8-15-17-11/h4-5,7-8,12,14H,1-3,6H2,(H,15,17)(H,16,18). The van der Waals surface area contributed by atoms with E-state index in [2.05, 4.69) is 20.8 Å². The van der Waals surface area contributed by atoms with Gasteiger partial charge in [0, 0.05) is 11.1 Å². The number of fused-ring (bicyclic) bond motifs is 1. The highest BCUT2D eigenvalue weighted by molar-refractivity contribution is 5.96. The summed E-state index contributed by atoms with van der Waals surface area (Å²) in [5.74, 6) is 0.0533. The van der Waals surface area contributed by atoms with Crippen molar-refractivity contribution in [2.24, 2.45) is 0 Å². The van der Waals surface area contributed by atoms with Gasteiger partial charge < -0.3 is 10.6 Å². The molecule has 1 amide bonds. The van der Waals surface area contributed by atoms with Gasteiger partial charge in [0.15, 0.2) is 0 Å². The highest BCUT2D eigenvalue weighted by Crippen LogP contribution is 2.17. The molecule has 0 saturated carbocycles. The number of piperidine rings is 1. The Morgan fingerprint density at radius 2 is 2.33 bits per heavy atom. The zero-order valence-corrected chi connectivity index (χ0v) is 10.1. The third kappa shape index (κ3) is 2.22. The first-order valence-corrected chi connectivity index (χ1v) is 6.30. The lowest BCUT2D eigenvalue weighted by Gasteiger charge is -2.22. The summed E-state index contributed by atoms with van der Waals surface area (Å²) < 4.78 is 0. The van der Waals surface area contributed by atoms with Crippen LogP contribution in [0.3, 0.4) is 0 Å². The predicted molar refractivity (Wildman–Crippen MR) is 70.4 cm³/mol. The van der Waals surface area contributed by atoms with Crippen molar-refractivity contribution < 1.29 is 4.79 Å². The summed E-state index contributed by atoms with van der Waals surface area (Å²) in [5, 5.41) is 14.0. The lowest BCUT2D eigenvalue weighted by atomic mass is 10.0. The van der Waals surface area contributed by atoms with Crippen molar-refractivity contribution in [3.63, 3.8) is 0 Å². The summed E-state index contributed by atoms with van der Waals surface area (Å²) in [6, 6.07) is 5.69. The third-order valence-corrected chi connectivity index (χ3v) is 3.33. The molecule has 5 nitrogen and oxygen atoms in total. The second-order valence-corrected chi connectivity index (χ2v) is 4.66. The number of hydrogen-bond acceptors (Lipinski definition) is 3. The molecular weight excluding hydrogens is 228 g/mol. The molecule has 1 aromatic heterocycles. The van der Waals surface area contributed by atoms with E-state index in [9.17, 15) is 4.79 Å². The molecule has 0 radical (unpaired) electrons. The van der Waals surface area contributed by atoms with E-state index >= 15 is 0 Å². The average molecular weight is 244 g/mol. The Balaban J connectivity index is 1.72. The number of carbonyl (C=O) groups is 1. The quantitative estimate of drug-likeness (QED) is 0.752. The Hall–Kier alpha value is -1.88. The first-order chi connectivity index (χ1) is 8.83. The van der Waals surface area contributed by atoms with Crippen molar-refractivity contribution >= 4 is 22.5 Å². The SMILES string of the molecule is O=C(Nc1ccc2[nH]ncc2c1)C1CCCCN1. The minimum absolute atomic E-state index is 0.0533. The summed E-state index contributed by atoms with van der Waals surface area (Å²) in [6.07, 6.45) is 4.94. The van der Waals surface area contributed by atoms with Gasteiger partial charge in [-0.2, -0.15) is 5.10 Å². The number of nitrogens with one attached hydrogen (secondary N) is 3. The lowest BCUT2D eigenvalue weighted by molar-refractivity contribution is -0.118. The molecule has 0 spiro atoms. The van der Waals surface area contributed by atoms with Gasteiger partial charge in [-0.15, -0.1) is 0 Å². The number of anilines is 1. The lowest BCUT2D eigenvalue weighted by Crippen LogP contribution is -2.43. The van der Waals surface area contributed by atoms with Crippen molar-refractivity contribution in [2.75, 3.05) is 11.9 Å². The second-order valence-electron chi connectivity index (χ2n) is 4.66. The molecule has 18 heavy (non-hydrogen) atoms. The Kier molecular flexibility index (Phi) is 2.98. The molecule has 3 rings (SSSR count). The number of carbonyl (C=O) groups excluding carboxylic acids is 1. The molecule has 5 heteroatoms. The molecule has 1 aliphatic heterocycles.